The number of rotatable bonds is 6. The Kier molecular flexibility index (Phi) is 5.08. The van der Waals surface area contributed by atoms with Crippen LogP contribution in [0.25, 0.3) is 0 Å². The number of methoxy groups -OCH3 is 1. The van der Waals surface area contributed by atoms with Crippen LogP contribution in [0.15, 0.2) is 36.4 Å². The van der Waals surface area contributed by atoms with Crippen LogP contribution in [-0.4, -0.2) is 18.8 Å². The van der Waals surface area contributed by atoms with Crippen LogP contribution < -0.4 is 10.1 Å². The molecule has 26 heavy (non-hydrogen) atoms. The summed E-state index contributed by atoms with van der Waals surface area (Å²) in [5.41, 5.74) is 0.308. The molecule has 0 bridgehead atoms. The summed E-state index contributed by atoms with van der Waals surface area (Å²) in [6.45, 7) is 0.967. The van der Waals surface area contributed by atoms with Gasteiger partial charge in [0.15, 0.2) is 0 Å². The normalized spacial score (nSPS) is 15.7. The predicted molar refractivity (Wildman–Crippen MR) is 93.7 cm³/mol. The standard InChI is InChI=1S/C19H19ClF3NO2/c1-26-15-7-12(6-14(25)9-15)10-24-11-18(4-5-18)16-8-13(19(21,22)23)2-3-17(16)20/h2-3,6-9,24-25H,4-5,10-11H2,1H3. The van der Waals surface area contributed by atoms with Crippen LogP contribution in [0.1, 0.15) is 29.5 Å². The summed E-state index contributed by atoms with van der Waals surface area (Å²) in [6.07, 6.45) is -2.82. The van der Waals surface area contributed by atoms with Crippen LogP contribution in [0, 0.1) is 0 Å². The number of aromatic hydroxyl groups is 1. The van der Waals surface area contributed by atoms with Crippen LogP contribution in [0.4, 0.5) is 13.2 Å². The van der Waals surface area contributed by atoms with Crippen LogP contribution in [-0.2, 0) is 18.1 Å². The van der Waals surface area contributed by atoms with Crippen molar-refractivity contribution in [2.24, 2.45) is 0 Å². The van der Waals surface area contributed by atoms with E-state index in [1.807, 2.05) is 0 Å². The van der Waals surface area contributed by atoms with E-state index >= 15 is 0 Å². The Bertz CT molecular complexity index is 804. The molecule has 140 valence electrons. The molecule has 0 aliphatic heterocycles. The minimum absolute atomic E-state index is 0.100. The lowest BCUT2D eigenvalue weighted by Gasteiger charge is -2.20. The molecule has 7 heteroatoms. The van der Waals surface area contributed by atoms with E-state index in [4.69, 9.17) is 16.3 Å². The molecular weight excluding hydrogens is 367 g/mol. The first kappa shape index (κ1) is 18.9. The summed E-state index contributed by atoms with van der Waals surface area (Å²) in [4.78, 5) is 0. The average Bonchev–Trinajstić information content (AvgIpc) is 3.34. The number of hydrogen-bond donors (Lipinski definition) is 2. The lowest BCUT2D eigenvalue weighted by molar-refractivity contribution is -0.137. The molecular formula is C19H19ClF3NO2. The van der Waals surface area contributed by atoms with Gasteiger partial charge in [-0.15, -0.1) is 0 Å². The first-order valence-corrected chi connectivity index (χ1v) is 8.56. The maximum atomic E-state index is 13.0. The van der Waals surface area contributed by atoms with Gasteiger partial charge in [0.1, 0.15) is 11.5 Å². The van der Waals surface area contributed by atoms with E-state index in [0.29, 0.717) is 29.4 Å². The number of benzene rings is 2. The third-order valence-corrected chi connectivity index (χ3v) is 5.03. The molecule has 0 aromatic heterocycles. The molecule has 1 aliphatic rings. The zero-order valence-corrected chi connectivity index (χ0v) is 14.9. The van der Waals surface area contributed by atoms with E-state index in [2.05, 4.69) is 5.32 Å². The van der Waals surface area contributed by atoms with Crippen molar-refractivity contribution in [2.75, 3.05) is 13.7 Å². The summed E-state index contributed by atoms with van der Waals surface area (Å²) in [5, 5.41) is 13.3. The van der Waals surface area contributed by atoms with Gasteiger partial charge in [0.25, 0.3) is 0 Å². The average molecular weight is 386 g/mol. The molecule has 0 atom stereocenters. The minimum atomic E-state index is -4.39. The van der Waals surface area contributed by atoms with Crippen molar-refractivity contribution in [1.82, 2.24) is 5.32 Å². The third-order valence-electron chi connectivity index (χ3n) is 4.70. The highest BCUT2D eigenvalue weighted by Gasteiger charge is 2.46. The highest BCUT2D eigenvalue weighted by atomic mass is 35.5. The summed E-state index contributed by atoms with van der Waals surface area (Å²) < 4.78 is 44.1. The van der Waals surface area contributed by atoms with E-state index in [1.165, 1.54) is 19.2 Å². The lowest BCUT2D eigenvalue weighted by Crippen LogP contribution is -2.27. The summed E-state index contributed by atoms with van der Waals surface area (Å²) in [5.74, 6) is 0.645. The van der Waals surface area contributed by atoms with Gasteiger partial charge in [0.2, 0.25) is 0 Å². The smallest absolute Gasteiger partial charge is 0.416 e. The molecule has 2 N–H and O–H groups in total. The van der Waals surface area contributed by atoms with Crippen molar-refractivity contribution >= 4 is 11.6 Å². The molecule has 0 spiro atoms. The second kappa shape index (κ2) is 7.00. The minimum Gasteiger partial charge on any atom is -0.508 e. The summed E-state index contributed by atoms with van der Waals surface area (Å²) in [7, 11) is 1.51. The van der Waals surface area contributed by atoms with Crippen molar-refractivity contribution in [2.45, 2.75) is 31.0 Å². The van der Waals surface area contributed by atoms with E-state index < -0.39 is 11.7 Å². The number of alkyl halides is 3. The van der Waals surface area contributed by atoms with Gasteiger partial charge in [0, 0.05) is 29.6 Å². The lowest BCUT2D eigenvalue weighted by atomic mass is 9.93. The van der Waals surface area contributed by atoms with Gasteiger partial charge in [-0.25, -0.2) is 0 Å². The topological polar surface area (TPSA) is 41.5 Å². The first-order chi connectivity index (χ1) is 12.2. The van der Waals surface area contributed by atoms with E-state index in [1.54, 1.807) is 12.1 Å². The number of nitrogens with one attached hydrogen (secondary N) is 1. The molecule has 0 heterocycles. The highest BCUT2D eigenvalue weighted by Crippen LogP contribution is 2.51. The van der Waals surface area contributed by atoms with Crippen LogP contribution in [0.5, 0.6) is 11.5 Å². The van der Waals surface area contributed by atoms with Crippen LogP contribution in [0.2, 0.25) is 5.02 Å². The molecule has 2 aromatic carbocycles. The number of phenols is 1. The fraction of sp³-hybridized carbons (Fsp3) is 0.368. The van der Waals surface area contributed by atoms with Gasteiger partial charge in [-0.05, 0) is 54.3 Å². The van der Waals surface area contributed by atoms with Crippen molar-refractivity contribution in [3.8, 4) is 11.5 Å². The number of phenolic OH excluding ortho intramolecular Hbond substituents is 1. The molecule has 0 unspecified atom stereocenters. The molecule has 1 saturated carbocycles. The summed E-state index contributed by atoms with van der Waals surface area (Å²) in [6, 6.07) is 8.41. The van der Waals surface area contributed by atoms with Crippen molar-refractivity contribution in [3.63, 3.8) is 0 Å². The Balaban J connectivity index is 1.72. The maximum Gasteiger partial charge on any atom is 0.416 e. The number of ether oxygens (including phenoxy) is 1. The Morgan fingerprint density at radius 2 is 1.92 bits per heavy atom. The zero-order chi connectivity index (χ0) is 18.9. The van der Waals surface area contributed by atoms with Crippen molar-refractivity contribution in [1.29, 1.82) is 0 Å². The second-order valence-corrected chi connectivity index (χ2v) is 7.02. The van der Waals surface area contributed by atoms with Gasteiger partial charge in [-0.1, -0.05) is 11.6 Å². The van der Waals surface area contributed by atoms with Gasteiger partial charge in [-0.3, -0.25) is 0 Å². The summed E-state index contributed by atoms with van der Waals surface area (Å²) >= 11 is 6.18. The van der Waals surface area contributed by atoms with Crippen LogP contribution >= 0.6 is 11.6 Å². The Morgan fingerprint density at radius 3 is 2.54 bits per heavy atom. The fourth-order valence-electron chi connectivity index (χ4n) is 3.11. The molecule has 2 aromatic rings. The number of hydrogen-bond acceptors (Lipinski definition) is 3. The monoisotopic (exact) mass is 385 g/mol. The molecule has 1 aliphatic carbocycles. The molecule has 3 rings (SSSR count). The SMILES string of the molecule is COc1cc(O)cc(CNCC2(c3cc(C(F)(F)F)ccc3Cl)CC2)c1. The Morgan fingerprint density at radius 1 is 1.19 bits per heavy atom. The van der Waals surface area contributed by atoms with Crippen molar-refractivity contribution in [3.05, 3.63) is 58.1 Å². The first-order valence-electron chi connectivity index (χ1n) is 8.18. The van der Waals surface area contributed by atoms with E-state index in [0.717, 1.165) is 30.5 Å². The fourth-order valence-corrected chi connectivity index (χ4v) is 3.43. The highest BCUT2D eigenvalue weighted by molar-refractivity contribution is 6.31. The third kappa shape index (κ3) is 4.07. The van der Waals surface area contributed by atoms with Gasteiger partial charge in [-0.2, -0.15) is 13.2 Å². The Labute approximate surface area is 154 Å². The second-order valence-electron chi connectivity index (χ2n) is 6.62. The maximum absolute atomic E-state index is 13.0. The zero-order valence-electron chi connectivity index (χ0n) is 14.2. The molecule has 1 fully saturated rings. The van der Waals surface area contributed by atoms with E-state index in [-0.39, 0.29) is 11.2 Å². The quantitative estimate of drug-likeness (QED) is 0.743. The van der Waals surface area contributed by atoms with Crippen molar-refractivity contribution < 1.29 is 23.0 Å². The number of halogens is 4. The van der Waals surface area contributed by atoms with Gasteiger partial charge < -0.3 is 15.2 Å². The van der Waals surface area contributed by atoms with Gasteiger partial charge >= 0.3 is 6.18 Å². The molecule has 0 amide bonds. The largest absolute Gasteiger partial charge is 0.508 e. The molecule has 0 radical (unpaired) electrons. The predicted octanol–water partition coefficient (Wildman–Crippen LogP) is 4.89. The van der Waals surface area contributed by atoms with Gasteiger partial charge in [0.05, 0.1) is 12.7 Å². The molecule has 0 saturated heterocycles. The Hall–Kier alpha value is -1.92. The molecule has 3 nitrogen and oxygen atoms in total. The van der Waals surface area contributed by atoms with Crippen LogP contribution in [0.3, 0.4) is 0 Å². The van der Waals surface area contributed by atoms with E-state index in [9.17, 15) is 18.3 Å².